The van der Waals surface area contributed by atoms with Crippen LogP contribution < -0.4 is 0 Å². The van der Waals surface area contributed by atoms with Gasteiger partial charge in [-0.2, -0.15) is 5.10 Å². The van der Waals surface area contributed by atoms with Crippen molar-refractivity contribution >= 4 is 11.3 Å². The zero-order valence-electron chi connectivity index (χ0n) is 12.1. The Labute approximate surface area is 123 Å². The fourth-order valence-corrected chi connectivity index (χ4v) is 3.48. The van der Waals surface area contributed by atoms with Crippen LogP contribution in [-0.4, -0.2) is 37.2 Å². The molecule has 108 valence electrons. The molecule has 1 aliphatic rings. The highest BCUT2D eigenvalue weighted by molar-refractivity contribution is 7.07. The van der Waals surface area contributed by atoms with E-state index in [2.05, 4.69) is 30.0 Å². The largest absolute Gasteiger partial charge is 0.293 e. The highest BCUT2D eigenvalue weighted by Gasteiger charge is 2.24. The Kier molecular flexibility index (Phi) is 4.12. The second-order valence-electron chi connectivity index (χ2n) is 5.49. The molecule has 0 bridgehead atoms. The van der Waals surface area contributed by atoms with E-state index in [0.717, 1.165) is 31.3 Å². The molecule has 0 radical (unpaired) electrons. The van der Waals surface area contributed by atoms with Crippen molar-refractivity contribution in [1.29, 1.82) is 0 Å². The number of aryl methyl sites for hydroxylation is 2. The summed E-state index contributed by atoms with van der Waals surface area (Å²) in [6.45, 7) is 7.05. The topological polar surface area (TPSA) is 46.8 Å². The minimum atomic E-state index is 0.547. The molecule has 1 fully saturated rings. The van der Waals surface area contributed by atoms with Crippen LogP contribution in [0.3, 0.4) is 0 Å². The number of aromatic nitrogens is 4. The molecule has 1 saturated heterocycles. The summed E-state index contributed by atoms with van der Waals surface area (Å²) in [5, 5.41) is 6.65. The molecule has 20 heavy (non-hydrogen) atoms. The van der Waals surface area contributed by atoms with Crippen LogP contribution in [-0.2, 0) is 13.1 Å². The molecule has 0 saturated carbocycles. The van der Waals surface area contributed by atoms with E-state index in [0.29, 0.717) is 6.04 Å². The van der Waals surface area contributed by atoms with Crippen LogP contribution in [0.4, 0.5) is 0 Å². The van der Waals surface area contributed by atoms with Crippen molar-refractivity contribution < 1.29 is 0 Å². The molecule has 1 aliphatic heterocycles. The molecule has 0 unspecified atom stereocenters. The van der Waals surface area contributed by atoms with Gasteiger partial charge in [-0.1, -0.05) is 6.42 Å². The molecule has 2 aromatic heterocycles. The van der Waals surface area contributed by atoms with Crippen LogP contribution in [0.15, 0.2) is 10.9 Å². The van der Waals surface area contributed by atoms with Crippen molar-refractivity contribution in [3.8, 4) is 0 Å². The van der Waals surface area contributed by atoms with Gasteiger partial charge < -0.3 is 0 Å². The third-order valence-corrected chi connectivity index (χ3v) is 4.58. The first kappa shape index (κ1) is 13.7. The van der Waals surface area contributed by atoms with Gasteiger partial charge in [-0.3, -0.25) is 4.90 Å². The highest BCUT2D eigenvalue weighted by atomic mass is 32.1. The van der Waals surface area contributed by atoms with E-state index in [1.807, 2.05) is 19.4 Å². The third kappa shape index (κ3) is 3.07. The molecule has 3 rings (SSSR count). The van der Waals surface area contributed by atoms with E-state index in [1.165, 1.54) is 25.0 Å². The monoisotopic (exact) mass is 291 g/mol. The average Bonchev–Trinajstić information content (AvgIpc) is 3.02. The maximum Gasteiger partial charge on any atom is 0.147 e. The van der Waals surface area contributed by atoms with Crippen molar-refractivity contribution in [3.05, 3.63) is 28.2 Å². The molecule has 5 nitrogen and oxygen atoms in total. The van der Waals surface area contributed by atoms with E-state index >= 15 is 0 Å². The number of hydrogen-bond donors (Lipinski definition) is 0. The normalized spacial score (nSPS) is 20.4. The summed E-state index contributed by atoms with van der Waals surface area (Å²) in [7, 11) is 0. The van der Waals surface area contributed by atoms with Crippen LogP contribution in [0.2, 0.25) is 0 Å². The minimum absolute atomic E-state index is 0.547. The molecular weight excluding hydrogens is 270 g/mol. The summed E-state index contributed by atoms with van der Waals surface area (Å²) in [6, 6.07) is 0.547. The number of hydrogen-bond acceptors (Lipinski definition) is 5. The smallest absolute Gasteiger partial charge is 0.147 e. The standard InChI is InChI=1S/C14H21N5S/c1-11-16-12(2)19(17-11)8-14-5-3-4-6-18(14)7-13-9-20-10-15-13/h9-10,14H,3-8H2,1-2H3/t14-/m0/s1. The number of likely N-dealkylation sites (tertiary alicyclic amines) is 1. The van der Waals surface area contributed by atoms with Gasteiger partial charge in [0.05, 0.1) is 17.7 Å². The molecule has 1 atom stereocenters. The molecule has 0 amide bonds. The number of thiazole rings is 1. The molecule has 6 heteroatoms. The maximum absolute atomic E-state index is 4.50. The van der Waals surface area contributed by atoms with Gasteiger partial charge in [-0.15, -0.1) is 11.3 Å². The summed E-state index contributed by atoms with van der Waals surface area (Å²) < 4.78 is 2.05. The van der Waals surface area contributed by atoms with Crippen LogP contribution in [0.25, 0.3) is 0 Å². The van der Waals surface area contributed by atoms with Crippen molar-refractivity contribution in [2.75, 3.05) is 6.54 Å². The molecule has 0 N–H and O–H groups in total. The molecule has 3 heterocycles. The van der Waals surface area contributed by atoms with E-state index < -0.39 is 0 Å². The Balaban J connectivity index is 1.70. The van der Waals surface area contributed by atoms with Gasteiger partial charge in [-0.05, 0) is 33.2 Å². The molecule has 0 spiro atoms. The fourth-order valence-electron chi connectivity index (χ4n) is 2.93. The zero-order chi connectivity index (χ0) is 13.9. The van der Waals surface area contributed by atoms with Crippen LogP contribution in [0, 0.1) is 13.8 Å². The lowest BCUT2D eigenvalue weighted by Gasteiger charge is -2.35. The number of piperidine rings is 1. The molecule has 2 aromatic rings. The minimum Gasteiger partial charge on any atom is -0.293 e. The van der Waals surface area contributed by atoms with Crippen molar-refractivity contribution in [3.63, 3.8) is 0 Å². The van der Waals surface area contributed by atoms with Gasteiger partial charge in [0.15, 0.2) is 0 Å². The van der Waals surface area contributed by atoms with Gasteiger partial charge in [-0.25, -0.2) is 14.6 Å². The van der Waals surface area contributed by atoms with Crippen LogP contribution in [0.5, 0.6) is 0 Å². The van der Waals surface area contributed by atoms with Gasteiger partial charge in [0, 0.05) is 18.0 Å². The van der Waals surface area contributed by atoms with Gasteiger partial charge in [0.1, 0.15) is 11.6 Å². The number of nitrogens with zero attached hydrogens (tertiary/aromatic N) is 5. The van der Waals surface area contributed by atoms with Crippen molar-refractivity contribution in [2.45, 2.75) is 52.2 Å². The fraction of sp³-hybridized carbons (Fsp3) is 0.643. The molecular formula is C14H21N5S. The lowest BCUT2D eigenvalue weighted by Crippen LogP contribution is -2.42. The molecule has 0 aliphatic carbocycles. The van der Waals surface area contributed by atoms with Gasteiger partial charge in [0.25, 0.3) is 0 Å². The first-order valence-electron chi connectivity index (χ1n) is 7.21. The van der Waals surface area contributed by atoms with Crippen LogP contribution in [0.1, 0.15) is 36.6 Å². The Morgan fingerprint density at radius 2 is 2.25 bits per heavy atom. The quantitative estimate of drug-likeness (QED) is 0.868. The third-order valence-electron chi connectivity index (χ3n) is 3.94. The van der Waals surface area contributed by atoms with Crippen molar-refractivity contribution in [1.82, 2.24) is 24.6 Å². The summed E-state index contributed by atoms with van der Waals surface area (Å²) >= 11 is 1.67. The van der Waals surface area contributed by atoms with E-state index in [-0.39, 0.29) is 0 Å². The SMILES string of the molecule is Cc1nc(C)n(C[C@@H]2CCCCN2Cc2cscn2)n1. The summed E-state index contributed by atoms with van der Waals surface area (Å²) in [4.78, 5) is 11.4. The molecule has 0 aromatic carbocycles. The second-order valence-corrected chi connectivity index (χ2v) is 6.21. The van der Waals surface area contributed by atoms with Crippen molar-refractivity contribution in [2.24, 2.45) is 0 Å². The van der Waals surface area contributed by atoms with E-state index in [1.54, 1.807) is 11.3 Å². The van der Waals surface area contributed by atoms with Gasteiger partial charge in [0.2, 0.25) is 0 Å². The Bertz CT molecular complexity index is 548. The number of rotatable bonds is 4. The second kappa shape index (κ2) is 6.01. The maximum atomic E-state index is 4.50. The van der Waals surface area contributed by atoms with E-state index in [4.69, 9.17) is 0 Å². The Morgan fingerprint density at radius 1 is 1.35 bits per heavy atom. The zero-order valence-corrected chi connectivity index (χ0v) is 12.9. The summed E-state index contributed by atoms with van der Waals surface area (Å²) in [5.41, 5.74) is 3.10. The average molecular weight is 291 g/mol. The summed E-state index contributed by atoms with van der Waals surface area (Å²) in [5.74, 6) is 1.88. The lowest BCUT2D eigenvalue weighted by molar-refractivity contribution is 0.120. The first-order chi connectivity index (χ1) is 9.72. The Morgan fingerprint density at radius 3 is 2.95 bits per heavy atom. The predicted octanol–water partition coefficient (Wildman–Crippen LogP) is 2.41. The highest BCUT2D eigenvalue weighted by Crippen LogP contribution is 2.21. The lowest BCUT2D eigenvalue weighted by atomic mass is 10.0. The van der Waals surface area contributed by atoms with Gasteiger partial charge >= 0.3 is 0 Å². The summed E-state index contributed by atoms with van der Waals surface area (Å²) in [6.07, 6.45) is 3.84. The first-order valence-corrected chi connectivity index (χ1v) is 8.16. The Hall–Kier alpha value is -1.27. The predicted molar refractivity (Wildman–Crippen MR) is 79.7 cm³/mol. The van der Waals surface area contributed by atoms with E-state index in [9.17, 15) is 0 Å². The van der Waals surface area contributed by atoms with Crippen LogP contribution >= 0.6 is 11.3 Å².